The monoisotopic (exact) mass is 735 g/mol. The van der Waals surface area contributed by atoms with E-state index in [2.05, 4.69) is 44.6 Å². The van der Waals surface area contributed by atoms with Crippen LogP contribution in [0.25, 0.3) is 0 Å². The molecule has 51 heavy (non-hydrogen) atoms. The van der Waals surface area contributed by atoms with Gasteiger partial charge in [-0.25, -0.2) is 13.1 Å². The van der Waals surface area contributed by atoms with Gasteiger partial charge in [-0.2, -0.15) is 0 Å². The lowest BCUT2D eigenvalue weighted by Gasteiger charge is -2.48. The van der Waals surface area contributed by atoms with Gasteiger partial charge in [0.15, 0.2) is 0 Å². The minimum Gasteiger partial charge on any atom is -0.490 e. The molecule has 0 aromatic heterocycles. The fourth-order valence-corrected chi connectivity index (χ4v) is 10.2. The van der Waals surface area contributed by atoms with Crippen LogP contribution in [-0.4, -0.2) is 89.7 Å². The minimum atomic E-state index is -3.97. The SMILES string of the molecule is CO[C@@]1(C#CCN2CCOCC2)/C=C/C[C@H](C)[C@@H](C)S(=O)(=O)NC(=O)c2ccc3c(c2)N(C[C@@H]2CC[C@H]21)C[C@@]1(CCCc2cc(Cl)ccc21)CO3. The standard InChI is InChI=1S/C40H50ClN3O6S/c1-28-7-4-16-40(48-3,17-6-18-43-19-21-49-22-20-43)35-12-9-32(35)25-44-26-39(15-5-8-30-23-33(41)11-13-34(30)39)27-50-37-14-10-31(24-36(37)44)38(45)42-51(46,47)29(28)2/h4,10-11,13-14,16,23-24,28-29,32,35H,5,7-9,12,15,18-22,25-27H2,1-3H3,(H,42,45)/b16-4+/t28-,29+,32-,35+,39-,40+/m0/s1. The Morgan fingerprint density at radius 2 is 1.94 bits per heavy atom. The molecule has 2 bridgehead atoms. The van der Waals surface area contributed by atoms with E-state index >= 15 is 0 Å². The number of carbonyl (C=O) groups excluding carboxylic acids is 1. The van der Waals surface area contributed by atoms with Crippen molar-refractivity contribution in [2.24, 2.45) is 17.8 Å². The van der Waals surface area contributed by atoms with Crippen LogP contribution in [0.4, 0.5) is 5.69 Å². The van der Waals surface area contributed by atoms with Gasteiger partial charge in [-0.05, 0) is 105 Å². The normalized spacial score (nSPS) is 32.9. The van der Waals surface area contributed by atoms with Gasteiger partial charge < -0.3 is 19.1 Å². The molecule has 274 valence electrons. The summed E-state index contributed by atoms with van der Waals surface area (Å²) in [7, 11) is -2.23. The molecule has 2 fully saturated rings. The van der Waals surface area contributed by atoms with E-state index in [1.54, 1.807) is 20.1 Å². The Balaban J connectivity index is 1.30. The summed E-state index contributed by atoms with van der Waals surface area (Å²) in [5, 5.41) is -0.0702. The second-order valence-electron chi connectivity index (χ2n) is 15.2. The summed E-state index contributed by atoms with van der Waals surface area (Å²) in [6.07, 6.45) is 9.54. The summed E-state index contributed by atoms with van der Waals surface area (Å²) in [5.41, 5.74) is 2.49. The first kappa shape index (κ1) is 36.3. The molecule has 0 radical (unpaired) electrons. The second-order valence-corrected chi connectivity index (χ2v) is 17.7. The van der Waals surface area contributed by atoms with Crippen LogP contribution in [0.2, 0.25) is 5.02 Å². The lowest BCUT2D eigenvalue weighted by Crippen LogP contribution is -2.52. The van der Waals surface area contributed by atoms with E-state index in [0.29, 0.717) is 51.6 Å². The van der Waals surface area contributed by atoms with Crippen molar-refractivity contribution in [3.63, 3.8) is 0 Å². The number of morpholine rings is 1. The van der Waals surface area contributed by atoms with E-state index in [1.807, 2.05) is 31.2 Å². The maximum atomic E-state index is 13.6. The zero-order chi connectivity index (χ0) is 35.8. The summed E-state index contributed by atoms with van der Waals surface area (Å²) < 4.78 is 48.1. The Morgan fingerprint density at radius 3 is 2.71 bits per heavy atom. The van der Waals surface area contributed by atoms with Gasteiger partial charge in [-0.15, -0.1) is 0 Å². The number of amides is 1. The number of anilines is 1. The predicted octanol–water partition coefficient (Wildman–Crippen LogP) is 5.60. The third-order valence-corrected chi connectivity index (χ3v) is 14.3. The lowest BCUT2D eigenvalue weighted by molar-refractivity contribution is -0.0352. The van der Waals surface area contributed by atoms with Crippen LogP contribution in [0.15, 0.2) is 48.6 Å². The molecule has 5 aliphatic rings. The Labute approximate surface area is 308 Å². The fraction of sp³-hybridized carbons (Fsp3) is 0.575. The van der Waals surface area contributed by atoms with Crippen molar-refractivity contribution >= 4 is 33.2 Å². The average molecular weight is 736 g/mol. The van der Waals surface area contributed by atoms with Gasteiger partial charge in [0.25, 0.3) is 5.91 Å². The highest BCUT2D eigenvalue weighted by molar-refractivity contribution is 7.90. The van der Waals surface area contributed by atoms with E-state index in [1.165, 1.54) is 11.1 Å². The van der Waals surface area contributed by atoms with E-state index in [4.69, 9.17) is 25.8 Å². The number of nitrogens with one attached hydrogen (secondary N) is 1. The van der Waals surface area contributed by atoms with Crippen molar-refractivity contribution in [2.45, 2.75) is 68.6 Å². The van der Waals surface area contributed by atoms with Crippen LogP contribution >= 0.6 is 11.6 Å². The third-order valence-electron chi connectivity index (χ3n) is 12.1. The molecule has 3 aliphatic heterocycles. The number of fused-ring (bicyclic) bond motifs is 4. The van der Waals surface area contributed by atoms with Gasteiger partial charge in [0.1, 0.15) is 11.4 Å². The summed E-state index contributed by atoms with van der Waals surface area (Å²) in [6, 6.07) is 11.5. The minimum absolute atomic E-state index is 0.118. The number of methoxy groups -OCH3 is 1. The quantitative estimate of drug-likeness (QED) is 0.315. The van der Waals surface area contributed by atoms with E-state index in [9.17, 15) is 13.2 Å². The highest BCUT2D eigenvalue weighted by atomic mass is 35.5. The Bertz CT molecular complexity index is 1830. The summed E-state index contributed by atoms with van der Waals surface area (Å²) in [4.78, 5) is 18.3. The summed E-state index contributed by atoms with van der Waals surface area (Å²) >= 11 is 6.48. The van der Waals surface area contributed by atoms with E-state index in [0.717, 1.165) is 55.9 Å². The van der Waals surface area contributed by atoms with E-state index < -0.39 is 26.8 Å². The molecule has 3 heterocycles. The number of ether oxygens (including phenoxy) is 3. The first-order valence-electron chi connectivity index (χ1n) is 18.4. The molecule has 1 amide bonds. The number of benzene rings is 2. The van der Waals surface area contributed by atoms with Crippen molar-refractivity contribution in [3.8, 4) is 17.6 Å². The van der Waals surface area contributed by atoms with Gasteiger partial charge in [0.05, 0.1) is 37.3 Å². The van der Waals surface area contributed by atoms with Gasteiger partial charge in [0.2, 0.25) is 10.0 Å². The molecular formula is C40H50ClN3O6S. The van der Waals surface area contributed by atoms with Gasteiger partial charge >= 0.3 is 0 Å². The zero-order valence-electron chi connectivity index (χ0n) is 30.0. The molecule has 1 saturated heterocycles. The molecule has 9 nitrogen and oxygen atoms in total. The number of rotatable bonds is 2. The van der Waals surface area contributed by atoms with Crippen molar-refractivity contribution in [1.82, 2.24) is 9.62 Å². The molecule has 1 N–H and O–H groups in total. The first-order valence-corrected chi connectivity index (χ1v) is 20.3. The van der Waals surface area contributed by atoms with Crippen LogP contribution in [0.1, 0.15) is 67.4 Å². The van der Waals surface area contributed by atoms with Gasteiger partial charge in [-0.3, -0.25) is 9.69 Å². The lowest BCUT2D eigenvalue weighted by atomic mass is 9.64. The van der Waals surface area contributed by atoms with Crippen LogP contribution in [0.3, 0.4) is 0 Å². The van der Waals surface area contributed by atoms with Crippen LogP contribution in [0, 0.1) is 29.6 Å². The fourth-order valence-electron chi connectivity index (χ4n) is 8.70. The highest BCUT2D eigenvalue weighted by Gasteiger charge is 2.49. The largest absolute Gasteiger partial charge is 0.490 e. The number of carbonyl (C=O) groups is 1. The highest BCUT2D eigenvalue weighted by Crippen LogP contribution is 2.49. The number of halogens is 1. The van der Waals surface area contributed by atoms with Crippen LogP contribution < -0.4 is 14.4 Å². The number of aryl methyl sites for hydroxylation is 1. The van der Waals surface area contributed by atoms with Crippen molar-refractivity contribution < 1.29 is 27.4 Å². The molecule has 0 unspecified atom stereocenters. The topological polar surface area (TPSA) is 97.4 Å². The van der Waals surface area contributed by atoms with Crippen molar-refractivity contribution in [3.05, 3.63) is 70.3 Å². The average Bonchev–Trinajstić information content (AvgIpc) is 3.26. The predicted molar refractivity (Wildman–Crippen MR) is 200 cm³/mol. The van der Waals surface area contributed by atoms with Crippen LogP contribution in [-0.2, 0) is 31.3 Å². The first-order chi connectivity index (χ1) is 24.5. The number of hydrogen-bond donors (Lipinski definition) is 1. The van der Waals surface area contributed by atoms with Gasteiger partial charge in [0, 0.05) is 55.2 Å². The summed E-state index contributed by atoms with van der Waals surface area (Å²) in [5.74, 6) is 7.24. The molecule has 2 aliphatic carbocycles. The van der Waals surface area contributed by atoms with Gasteiger partial charge in [-0.1, -0.05) is 42.5 Å². The van der Waals surface area contributed by atoms with Crippen LogP contribution in [0.5, 0.6) is 5.75 Å². The number of nitrogens with zero attached hydrogens (tertiary/aromatic N) is 2. The third kappa shape index (κ3) is 7.30. The molecule has 2 aromatic rings. The summed E-state index contributed by atoms with van der Waals surface area (Å²) in [6.45, 7) is 9.22. The molecule has 2 aromatic carbocycles. The maximum Gasteiger partial charge on any atom is 0.264 e. The van der Waals surface area contributed by atoms with Crippen molar-refractivity contribution in [2.75, 3.05) is 64.6 Å². The Morgan fingerprint density at radius 1 is 1.12 bits per heavy atom. The molecule has 1 spiro atoms. The number of allylic oxidation sites excluding steroid dienone is 1. The Hall–Kier alpha value is -3.07. The molecule has 6 atom stereocenters. The molecule has 7 rings (SSSR count). The molecule has 11 heteroatoms. The van der Waals surface area contributed by atoms with E-state index in [-0.39, 0.29) is 28.7 Å². The number of hydrogen-bond acceptors (Lipinski definition) is 8. The van der Waals surface area contributed by atoms with Crippen molar-refractivity contribution in [1.29, 1.82) is 0 Å². The molecular weight excluding hydrogens is 686 g/mol. The smallest absolute Gasteiger partial charge is 0.264 e. The molecule has 1 saturated carbocycles. The Kier molecular flexibility index (Phi) is 10.5. The maximum absolute atomic E-state index is 13.6. The number of sulfonamides is 1. The zero-order valence-corrected chi connectivity index (χ0v) is 31.5. The second kappa shape index (κ2) is 14.7.